The lowest BCUT2D eigenvalue weighted by atomic mass is 10.2. The van der Waals surface area contributed by atoms with Crippen LogP contribution in [-0.2, 0) is 4.79 Å². The van der Waals surface area contributed by atoms with Crippen molar-refractivity contribution in [2.75, 3.05) is 6.54 Å². The first-order valence-electron chi connectivity index (χ1n) is 4.32. The first kappa shape index (κ1) is 10.8. The Morgan fingerprint density at radius 1 is 1.73 bits per heavy atom. The van der Waals surface area contributed by atoms with Crippen LogP contribution in [0.5, 0.6) is 0 Å². The number of rotatable bonds is 4. The molecule has 1 aromatic heterocycles. The van der Waals surface area contributed by atoms with E-state index in [1.165, 1.54) is 12.3 Å². The van der Waals surface area contributed by atoms with Crippen LogP contribution >= 0.6 is 0 Å². The van der Waals surface area contributed by atoms with Gasteiger partial charge in [0.05, 0.1) is 6.26 Å². The van der Waals surface area contributed by atoms with Crippen molar-refractivity contribution < 1.29 is 9.21 Å². The van der Waals surface area contributed by atoms with Crippen LogP contribution in [0.25, 0.3) is 6.08 Å². The Morgan fingerprint density at radius 3 is 3.07 bits per heavy atom. The summed E-state index contributed by atoms with van der Waals surface area (Å²) in [7, 11) is 0. The summed E-state index contributed by atoms with van der Waals surface area (Å²) >= 11 is 0. The summed E-state index contributed by atoms with van der Waals surface area (Å²) in [4.78, 5) is 11.4. The second-order valence-corrected chi connectivity index (χ2v) is 2.68. The van der Waals surface area contributed by atoms with E-state index >= 15 is 0 Å². The summed E-state index contributed by atoms with van der Waals surface area (Å²) < 4.78 is 4.99. The van der Waals surface area contributed by atoms with Crippen molar-refractivity contribution in [3.05, 3.63) is 42.4 Å². The molecule has 0 radical (unpaired) electrons. The van der Waals surface area contributed by atoms with Gasteiger partial charge in [-0.3, -0.25) is 4.79 Å². The summed E-state index contributed by atoms with van der Waals surface area (Å²) in [5.41, 5.74) is 0.00630. The fourth-order valence-electron chi connectivity index (χ4n) is 0.924. The molecule has 0 spiro atoms. The number of nitrogens with one attached hydrogen (secondary N) is 1. The number of hydrogen-bond donors (Lipinski definition) is 1. The van der Waals surface area contributed by atoms with Gasteiger partial charge < -0.3 is 9.73 Å². The van der Waals surface area contributed by atoms with E-state index in [0.717, 1.165) is 0 Å². The van der Waals surface area contributed by atoms with Crippen molar-refractivity contribution in [1.29, 1.82) is 5.26 Å². The third-order valence-electron chi connectivity index (χ3n) is 1.60. The molecule has 0 atom stereocenters. The average molecular weight is 202 g/mol. The smallest absolute Gasteiger partial charge is 0.262 e. The molecule has 0 bridgehead atoms. The van der Waals surface area contributed by atoms with Gasteiger partial charge in [0.25, 0.3) is 5.91 Å². The van der Waals surface area contributed by atoms with Crippen LogP contribution < -0.4 is 5.32 Å². The van der Waals surface area contributed by atoms with E-state index in [-0.39, 0.29) is 5.57 Å². The molecule has 0 aliphatic heterocycles. The maximum Gasteiger partial charge on any atom is 0.262 e. The molecule has 1 aromatic rings. The van der Waals surface area contributed by atoms with Crippen LogP contribution in [0, 0.1) is 11.3 Å². The highest BCUT2D eigenvalue weighted by atomic mass is 16.3. The van der Waals surface area contributed by atoms with Gasteiger partial charge in [0, 0.05) is 12.6 Å². The molecule has 76 valence electrons. The summed E-state index contributed by atoms with van der Waals surface area (Å²) in [6.07, 6.45) is 4.40. The van der Waals surface area contributed by atoms with Gasteiger partial charge in [0.1, 0.15) is 17.4 Å². The zero-order valence-electron chi connectivity index (χ0n) is 8.06. The lowest BCUT2D eigenvalue weighted by Gasteiger charge is -1.98. The van der Waals surface area contributed by atoms with Crippen molar-refractivity contribution in [1.82, 2.24) is 5.32 Å². The summed E-state index contributed by atoms with van der Waals surface area (Å²) in [5, 5.41) is 11.3. The topological polar surface area (TPSA) is 66.0 Å². The summed E-state index contributed by atoms with van der Waals surface area (Å²) in [6, 6.07) is 5.15. The van der Waals surface area contributed by atoms with Gasteiger partial charge in [0.15, 0.2) is 0 Å². The second kappa shape index (κ2) is 5.45. The molecule has 1 N–H and O–H groups in total. The molecule has 0 aliphatic carbocycles. The third kappa shape index (κ3) is 3.16. The van der Waals surface area contributed by atoms with Gasteiger partial charge in [0.2, 0.25) is 0 Å². The van der Waals surface area contributed by atoms with Gasteiger partial charge in [-0.25, -0.2) is 0 Å². The van der Waals surface area contributed by atoms with Gasteiger partial charge in [-0.1, -0.05) is 6.08 Å². The first-order chi connectivity index (χ1) is 7.27. The number of amides is 1. The number of hydrogen-bond acceptors (Lipinski definition) is 3. The Morgan fingerprint density at radius 2 is 2.53 bits per heavy atom. The predicted octanol–water partition coefficient (Wildman–Crippen LogP) is 1.49. The molecular formula is C11H10N2O2. The predicted molar refractivity (Wildman–Crippen MR) is 55.5 cm³/mol. The van der Waals surface area contributed by atoms with Crippen molar-refractivity contribution >= 4 is 12.0 Å². The Hall–Kier alpha value is -2.28. The van der Waals surface area contributed by atoms with Crippen LogP contribution in [-0.4, -0.2) is 12.5 Å². The van der Waals surface area contributed by atoms with Crippen LogP contribution in [0.2, 0.25) is 0 Å². The molecule has 0 unspecified atom stereocenters. The Kier molecular flexibility index (Phi) is 3.92. The lowest BCUT2D eigenvalue weighted by molar-refractivity contribution is -0.116. The monoisotopic (exact) mass is 202 g/mol. The molecule has 4 nitrogen and oxygen atoms in total. The third-order valence-corrected chi connectivity index (χ3v) is 1.60. The molecule has 4 heteroatoms. The van der Waals surface area contributed by atoms with Crippen molar-refractivity contribution in [2.24, 2.45) is 0 Å². The van der Waals surface area contributed by atoms with Crippen LogP contribution in [0.4, 0.5) is 0 Å². The van der Waals surface area contributed by atoms with E-state index in [0.29, 0.717) is 12.3 Å². The molecule has 0 aromatic carbocycles. The fourth-order valence-corrected chi connectivity index (χ4v) is 0.924. The molecule has 1 heterocycles. The average Bonchev–Trinajstić information content (AvgIpc) is 2.75. The first-order valence-corrected chi connectivity index (χ1v) is 4.32. The molecule has 15 heavy (non-hydrogen) atoms. The van der Waals surface area contributed by atoms with Crippen LogP contribution in [0.3, 0.4) is 0 Å². The maximum absolute atomic E-state index is 11.4. The van der Waals surface area contributed by atoms with Crippen LogP contribution in [0.15, 0.2) is 41.0 Å². The van der Waals surface area contributed by atoms with Crippen molar-refractivity contribution in [3.8, 4) is 6.07 Å². The minimum atomic E-state index is -0.436. The Balaban J connectivity index is 2.76. The normalized spacial score (nSPS) is 10.5. The quantitative estimate of drug-likeness (QED) is 0.457. The summed E-state index contributed by atoms with van der Waals surface area (Å²) in [5.74, 6) is 0.0362. The molecule has 0 saturated carbocycles. The van der Waals surface area contributed by atoms with Crippen molar-refractivity contribution in [2.45, 2.75) is 0 Å². The van der Waals surface area contributed by atoms with Gasteiger partial charge >= 0.3 is 0 Å². The van der Waals surface area contributed by atoms with E-state index in [1.54, 1.807) is 24.3 Å². The summed E-state index contributed by atoms with van der Waals surface area (Å²) in [6.45, 7) is 3.79. The zero-order valence-corrected chi connectivity index (χ0v) is 8.06. The molecule has 0 aliphatic rings. The highest BCUT2D eigenvalue weighted by Crippen LogP contribution is 2.06. The van der Waals surface area contributed by atoms with Gasteiger partial charge in [-0.2, -0.15) is 5.26 Å². The zero-order chi connectivity index (χ0) is 11.1. The highest BCUT2D eigenvalue weighted by Gasteiger charge is 2.07. The molecular weight excluding hydrogens is 192 g/mol. The van der Waals surface area contributed by atoms with E-state index in [1.807, 2.05) is 0 Å². The standard InChI is InChI=1S/C11H10N2O2/c1-2-5-13-11(14)9(8-12)7-10-4-3-6-15-10/h2-4,6-7H,1,5H2,(H,13,14)/b9-7+. The van der Waals surface area contributed by atoms with E-state index in [4.69, 9.17) is 9.68 Å². The largest absolute Gasteiger partial charge is 0.465 e. The van der Waals surface area contributed by atoms with Gasteiger partial charge in [-0.05, 0) is 12.1 Å². The second-order valence-electron chi connectivity index (χ2n) is 2.68. The van der Waals surface area contributed by atoms with E-state index in [2.05, 4.69) is 11.9 Å². The Bertz CT molecular complexity index is 410. The minimum Gasteiger partial charge on any atom is -0.465 e. The van der Waals surface area contributed by atoms with E-state index in [9.17, 15) is 4.79 Å². The minimum absolute atomic E-state index is 0.00630. The molecule has 0 fully saturated rings. The number of nitrogens with zero attached hydrogens (tertiary/aromatic N) is 1. The van der Waals surface area contributed by atoms with Crippen molar-refractivity contribution in [3.63, 3.8) is 0 Å². The fraction of sp³-hybridized carbons (Fsp3) is 0.0909. The number of furan rings is 1. The Labute approximate surface area is 87.5 Å². The maximum atomic E-state index is 11.4. The molecule has 1 amide bonds. The van der Waals surface area contributed by atoms with Gasteiger partial charge in [-0.15, -0.1) is 6.58 Å². The number of carbonyl (C=O) groups excluding carboxylic acids is 1. The number of carbonyl (C=O) groups is 1. The molecule has 0 saturated heterocycles. The van der Waals surface area contributed by atoms with E-state index < -0.39 is 5.91 Å². The van der Waals surface area contributed by atoms with Crippen LogP contribution in [0.1, 0.15) is 5.76 Å². The SMILES string of the molecule is C=CCNC(=O)/C(C#N)=C/c1ccco1. The molecule has 1 rings (SSSR count). The highest BCUT2D eigenvalue weighted by molar-refractivity contribution is 6.01. The lowest BCUT2D eigenvalue weighted by Crippen LogP contribution is -2.24. The number of nitriles is 1.